The third kappa shape index (κ3) is 3.95. The lowest BCUT2D eigenvalue weighted by Gasteiger charge is -2.31. The second kappa shape index (κ2) is 7.74. The lowest BCUT2D eigenvalue weighted by atomic mass is 10.1. The van der Waals surface area contributed by atoms with Crippen molar-refractivity contribution in [3.63, 3.8) is 0 Å². The molecule has 0 aliphatic carbocycles. The van der Waals surface area contributed by atoms with Gasteiger partial charge in [-0.3, -0.25) is 9.69 Å². The highest BCUT2D eigenvalue weighted by Crippen LogP contribution is 2.25. The van der Waals surface area contributed by atoms with Crippen molar-refractivity contribution in [1.29, 1.82) is 0 Å². The van der Waals surface area contributed by atoms with Crippen molar-refractivity contribution in [3.8, 4) is 0 Å². The molecule has 4 nitrogen and oxygen atoms in total. The standard InChI is InChI=1S/C14H28N2O2/c1-5-12-9-8-11(4)16(12)10-13(15-6-2)14(17)18-7-3/h11-13,15H,5-10H2,1-4H3. The summed E-state index contributed by atoms with van der Waals surface area (Å²) in [5, 5.41) is 3.24. The van der Waals surface area contributed by atoms with Crippen LogP contribution in [0, 0.1) is 0 Å². The molecule has 0 saturated carbocycles. The van der Waals surface area contributed by atoms with Crippen LogP contribution in [0.1, 0.15) is 47.0 Å². The van der Waals surface area contributed by atoms with Gasteiger partial charge in [-0.2, -0.15) is 0 Å². The van der Waals surface area contributed by atoms with E-state index in [-0.39, 0.29) is 12.0 Å². The van der Waals surface area contributed by atoms with Crippen LogP contribution in [0.2, 0.25) is 0 Å². The van der Waals surface area contributed by atoms with Gasteiger partial charge < -0.3 is 10.1 Å². The molecule has 0 aromatic carbocycles. The summed E-state index contributed by atoms with van der Waals surface area (Å²) >= 11 is 0. The average Bonchev–Trinajstić information content (AvgIpc) is 2.70. The number of nitrogens with one attached hydrogen (secondary N) is 1. The number of likely N-dealkylation sites (N-methyl/N-ethyl adjacent to an activating group) is 1. The van der Waals surface area contributed by atoms with Gasteiger partial charge in [-0.25, -0.2) is 0 Å². The highest BCUT2D eigenvalue weighted by atomic mass is 16.5. The number of carbonyl (C=O) groups is 1. The second-order valence-electron chi connectivity index (χ2n) is 5.05. The van der Waals surface area contributed by atoms with Gasteiger partial charge in [-0.1, -0.05) is 13.8 Å². The van der Waals surface area contributed by atoms with Gasteiger partial charge in [0.15, 0.2) is 0 Å². The minimum atomic E-state index is -0.190. The van der Waals surface area contributed by atoms with Crippen molar-refractivity contribution in [3.05, 3.63) is 0 Å². The van der Waals surface area contributed by atoms with E-state index >= 15 is 0 Å². The molecule has 1 heterocycles. The Morgan fingerprint density at radius 3 is 2.67 bits per heavy atom. The van der Waals surface area contributed by atoms with Crippen LogP contribution < -0.4 is 5.32 Å². The summed E-state index contributed by atoms with van der Waals surface area (Å²) in [6, 6.07) is 1.01. The van der Waals surface area contributed by atoms with Crippen LogP contribution in [0.3, 0.4) is 0 Å². The SMILES string of the molecule is CCNC(CN1C(C)CCC1CC)C(=O)OCC. The zero-order chi connectivity index (χ0) is 13.5. The Morgan fingerprint density at radius 1 is 1.39 bits per heavy atom. The lowest BCUT2D eigenvalue weighted by molar-refractivity contribution is -0.146. The highest BCUT2D eigenvalue weighted by molar-refractivity contribution is 5.76. The smallest absolute Gasteiger partial charge is 0.324 e. The number of hydrogen-bond acceptors (Lipinski definition) is 4. The molecular weight excluding hydrogens is 228 g/mol. The third-order valence-corrected chi connectivity index (χ3v) is 3.84. The van der Waals surface area contributed by atoms with Crippen LogP contribution in [0.4, 0.5) is 0 Å². The largest absolute Gasteiger partial charge is 0.465 e. The first-order valence-corrected chi connectivity index (χ1v) is 7.29. The summed E-state index contributed by atoms with van der Waals surface area (Å²) < 4.78 is 5.14. The van der Waals surface area contributed by atoms with E-state index in [1.165, 1.54) is 12.8 Å². The topological polar surface area (TPSA) is 41.6 Å². The zero-order valence-electron chi connectivity index (χ0n) is 12.2. The van der Waals surface area contributed by atoms with Crippen LogP contribution >= 0.6 is 0 Å². The summed E-state index contributed by atoms with van der Waals surface area (Å²) in [6.45, 7) is 10.4. The lowest BCUT2D eigenvalue weighted by Crippen LogP contribution is -2.49. The number of rotatable bonds is 7. The fraction of sp³-hybridized carbons (Fsp3) is 0.929. The minimum Gasteiger partial charge on any atom is -0.465 e. The molecule has 1 rings (SSSR count). The number of ether oxygens (including phenoxy) is 1. The molecule has 18 heavy (non-hydrogen) atoms. The minimum absolute atomic E-state index is 0.117. The quantitative estimate of drug-likeness (QED) is 0.705. The van der Waals surface area contributed by atoms with Gasteiger partial charge in [-0.15, -0.1) is 0 Å². The van der Waals surface area contributed by atoms with Crippen molar-refractivity contribution >= 4 is 5.97 Å². The first-order valence-electron chi connectivity index (χ1n) is 7.29. The molecule has 106 valence electrons. The van der Waals surface area contributed by atoms with Crippen LogP contribution in [-0.2, 0) is 9.53 Å². The first-order chi connectivity index (χ1) is 8.63. The van der Waals surface area contributed by atoms with Gasteiger partial charge in [-0.05, 0) is 39.7 Å². The number of hydrogen-bond donors (Lipinski definition) is 1. The normalized spacial score (nSPS) is 26.2. The van der Waals surface area contributed by atoms with Gasteiger partial charge >= 0.3 is 5.97 Å². The molecule has 3 atom stereocenters. The average molecular weight is 256 g/mol. The number of esters is 1. The van der Waals surface area contributed by atoms with E-state index in [0.717, 1.165) is 19.5 Å². The van der Waals surface area contributed by atoms with Crippen molar-refractivity contribution < 1.29 is 9.53 Å². The maximum atomic E-state index is 11.9. The molecule has 0 radical (unpaired) electrons. The first kappa shape index (κ1) is 15.4. The van der Waals surface area contributed by atoms with Crippen molar-refractivity contribution in [1.82, 2.24) is 10.2 Å². The molecule has 1 fully saturated rings. The van der Waals surface area contributed by atoms with Gasteiger partial charge in [0, 0.05) is 18.6 Å². The van der Waals surface area contributed by atoms with E-state index in [4.69, 9.17) is 4.74 Å². The Labute approximate surface area is 111 Å². The van der Waals surface area contributed by atoms with Gasteiger partial charge in [0.2, 0.25) is 0 Å². The molecule has 3 unspecified atom stereocenters. The van der Waals surface area contributed by atoms with Crippen molar-refractivity contribution in [2.24, 2.45) is 0 Å². The molecule has 1 aliphatic rings. The van der Waals surface area contributed by atoms with Crippen LogP contribution in [0.25, 0.3) is 0 Å². The van der Waals surface area contributed by atoms with Crippen LogP contribution in [-0.4, -0.2) is 48.7 Å². The highest BCUT2D eigenvalue weighted by Gasteiger charge is 2.33. The molecule has 1 aliphatic heterocycles. The van der Waals surface area contributed by atoms with E-state index in [9.17, 15) is 4.79 Å². The van der Waals surface area contributed by atoms with Gasteiger partial charge in [0.1, 0.15) is 6.04 Å². The zero-order valence-corrected chi connectivity index (χ0v) is 12.2. The molecule has 4 heteroatoms. The van der Waals surface area contributed by atoms with E-state index in [2.05, 4.69) is 24.1 Å². The molecule has 0 aromatic rings. The summed E-state index contributed by atoms with van der Waals surface area (Å²) in [5.41, 5.74) is 0. The Morgan fingerprint density at radius 2 is 2.11 bits per heavy atom. The van der Waals surface area contributed by atoms with Gasteiger partial charge in [0.25, 0.3) is 0 Å². The number of carbonyl (C=O) groups excluding carboxylic acids is 1. The van der Waals surface area contributed by atoms with E-state index in [1.54, 1.807) is 0 Å². The summed E-state index contributed by atoms with van der Waals surface area (Å²) in [5.74, 6) is -0.117. The van der Waals surface area contributed by atoms with E-state index < -0.39 is 0 Å². The van der Waals surface area contributed by atoms with Crippen molar-refractivity contribution in [2.75, 3.05) is 19.7 Å². The predicted octanol–water partition coefficient (Wildman–Crippen LogP) is 1.79. The molecule has 1 N–H and O–H groups in total. The Kier molecular flexibility index (Phi) is 6.65. The molecule has 0 bridgehead atoms. The monoisotopic (exact) mass is 256 g/mol. The fourth-order valence-electron chi connectivity index (χ4n) is 2.82. The van der Waals surface area contributed by atoms with Crippen molar-refractivity contribution in [2.45, 2.75) is 65.1 Å². The number of likely N-dealkylation sites (tertiary alicyclic amines) is 1. The predicted molar refractivity (Wildman–Crippen MR) is 73.6 cm³/mol. The van der Waals surface area contributed by atoms with E-state index in [0.29, 0.717) is 18.7 Å². The Balaban J connectivity index is 2.61. The maximum absolute atomic E-state index is 11.9. The molecular formula is C14H28N2O2. The summed E-state index contributed by atoms with van der Waals surface area (Å²) in [7, 11) is 0. The summed E-state index contributed by atoms with van der Waals surface area (Å²) in [6.07, 6.45) is 3.64. The van der Waals surface area contributed by atoms with E-state index in [1.807, 2.05) is 13.8 Å². The summed E-state index contributed by atoms with van der Waals surface area (Å²) in [4.78, 5) is 14.4. The number of nitrogens with zero attached hydrogens (tertiary/aromatic N) is 1. The third-order valence-electron chi connectivity index (χ3n) is 3.84. The Bertz CT molecular complexity index is 258. The molecule has 0 aromatic heterocycles. The molecule has 1 saturated heterocycles. The molecule has 0 amide bonds. The maximum Gasteiger partial charge on any atom is 0.324 e. The fourth-order valence-corrected chi connectivity index (χ4v) is 2.82. The van der Waals surface area contributed by atoms with Crippen LogP contribution in [0.5, 0.6) is 0 Å². The van der Waals surface area contributed by atoms with Gasteiger partial charge in [0.05, 0.1) is 6.61 Å². The molecule has 0 spiro atoms. The van der Waals surface area contributed by atoms with Crippen LogP contribution in [0.15, 0.2) is 0 Å². The second-order valence-corrected chi connectivity index (χ2v) is 5.05. The Hall–Kier alpha value is -0.610.